The number of nitrogens with zero attached hydrogens (tertiary/aromatic N) is 1. The summed E-state index contributed by atoms with van der Waals surface area (Å²) in [6, 6.07) is 14.3. The molecule has 0 amide bonds. The summed E-state index contributed by atoms with van der Waals surface area (Å²) >= 11 is 12.2. The second kappa shape index (κ2) is 8.10. The number of hydrogen-bond donors (Lipinski definition) is 2. The standard InChI is InChI=1S/C22H26Cl2N2O/c23-20-7-6-18(14-21(20)24)16-2-4-17(5-3-16)19(22(27)8-1-9-22)15-26-12-10-25-11-13-26/h2-7,14,19,25,27H,1,8-13,15H2. The summed E-state index contributed by atoms with van der Waals surface area (Å²) in [5, 5.41) is 15.7. The first kappa shape index (κ1) is 19.2. The van der Waals surface area contributed by atoms with E-state index in [1.807, 2.05) is 18.2 Å². The third-order valence-corrected chi connectivity index (χ3v) is 6.82. The maximum absolute atomic E-state index is 11.1. The van der Waals surface area contributed by atoms with Crippen molar-refractivity contribution in [2.45, 2.75) is 30.8 Å². The van der Waals surface area contributed by atoms with Gasteiger partial charge in [-0.15, -0.1) is 0 Å². The summed E-state index contributed by atoms with van der Waals surface area (Å²) in [6.45, 7) is 5.08. The van der Waals surface area contributed by atoms with Gasteiger partial charge in [-0.25, -0.2) is 0 Å². The second-order valence-corrected chi connectivity index (χ2v) is 8.63. The lowest BCUT2D eigenvalue weighted by Gasteiger charge is -2.46. The highest BCUT2D eigenvalue weighted by atomic mass is 35.5. The minimum Gasteiger partial charge on any atom is -0.389 e. The molecule has 27 heavy (non-hydrogen) atoms. The first-order chi connectivity index (χ1) is 13.0. The van der Waals surface area contributed by atoms with Gasteiger partial charge in [0.25, 0.3) is 0 Å². The molecule has 1 aliphatic carbocycles. The van der Waals surface area contributed by atoms with E-state index in [0.29, 0.717) is 10.0 Å². The van der Waals surface area contributed by atoms with Crippen molar-refractivity contribution in [3.8, 4) is 11.1 Å². The van der Waals surface area contributed by atoms with Gasteiger partial charge < -0.3 is 15.3 Å². The van der Waals surface area contributed by atoms with Crippen LogP contribution in [0.4, 0.5) is 0 Å². The van der Waals surface area contributed by atoms with Gasteiger partial charge >= 0.3 is 0 Å². The molecule has 0 spiro atoms. The molecule has 2 aliphatic rings. The van der Waals surface area contributed by atoms with Gasteiger partial charge in [0, 0.05) is 38.6 Å². The molecule has 1 saturated heterocycles. The van der Waals surface area contributed by atoms with Crippen LogP contribution in [0.2, 0.25) is 10.0 Å². The van der Waals surface area contributed by atoms with Crippen LogP contribution in [0.15, 0.2) is 42.5 Å². The summed E-state index contributed by atoms with van der Waals surface area (Å²) in [5.41, 5.74) is 2.83. The first-order valence-electron chi connectivity index (χ1n) is 9.76. The van der Waals surface area contributed by atoms with Crippen LogP contribution < -0.4 is 5.32 Å². The molecule has 1 unspecified atom stereocenters. The molecule has 0 aromatic heterocycles. The average molecular weight is 405 g/mol. The van der Waals surface area contributed by atoms with Crippen molar-refractivity contribution >= 4 is 23.2 Å². The van der Waals surface area contributed by atoms with Crippen molar-refractivity contribution in [2.75, 3.05) is 32.7 Å². The summed E-state index contributed by atoms with van der Waals surface area (Å²) in [5.74, 6) is 0.159. The largest absolute Gasteiger partial charge is 0.389 e. The highest BCUT2D eigenvalue weighted by Crippen LogP contribution is 2.44. The summed E-state index contributed by atoms with van der Waals surface area (Å²) in [4.78, 5) is 2.48. The monoisotopic (exact) mass is 404 g/mol. The third-order valence-electron chi connectivity index (χ3n) is 6.08. The topological polar surface area (TPSA) is 35.5 Å². The molecule has 1 saturated carbocycles. The maximum Gasteiger partial charge on any atom is 0.0728 e. The van der Waals surface area contributed by atoms with Gasteiger partial charge in [0.15, 0.2) is 0 Å². The number of benzene rings is 2. The molecule has 1 aliphatic heterocycles. The Kier molecular flexibility index (Phi) is 5.77. The van der Waals surface area contributed by atoms with E-state index < -0.39 is 5.60 Å². The number of aliphatic hydroxyl groups is 1. The second-order valence-electron chi connectivity index (χ2n) is 7.81. The number of halogens is 2. The van der Waals surface area contributed by atoms with Crippen molar-refractivity contribution in [3.63, 3.8) is 0 Å². The number of nitrogens with one attached hydrogen (secondary N) is 1. The zero-order valence-corrected chi connectivity index (χ0v) is 16.9. The molecule has 2 aromatic carbocycles. The lowest BCUT2D eigenvalue weighted by atomic mass is 9.68. The van der Waals surface area contributed by atoms with E-state index >= 15 is 0 Å². The minimum atomic E-state index is -0.560. The number of piperazine rings is 1. The molecular weight excluding hydrogens is 379 g/mol. The van der Waals surface area contributed by atoms with Gasteiger partial charge in [-0.1, -0.05) is 53.5 Å². The Morgan fingerprint density at radius 3 is 2.22 bits per heavy atom. The summed E-state index contributed by atoms with van der Waals surface area (Å²) < 4.78 is 0. The molecule has 0 radical (unpaired) electrons. The molecule has 2 N–H and O–H groups in total. The van der Waals surface area contributed by atoms with Crippen LogP contribution in [0.25, 0.3) is 11.1 Å². The van der Waals surface area contributed by atoms with E-state index in [0.717, 1.165) is 63.1 Å². The van der Waals surface area contributed by atoms with Crippen molar-refractivity contribution < 1.29 is 5.11 Å². The van der Waals surface area contributed by atoms with Crippen LogP contribution in [-0.4, -0.2) is 48.3 Å². The van der Waals surface area contributed by atoms with Crippen LogP contribution in [0.1, 0.15) is 30.7 Å². The molecule has 4 rings (SSSR count). The fourth-order valence-electron chi connectivity index (χ4n) is 4.21. The third kappa shape index (κ3) is 4.18. The Morgan fingerprint density at radius 2 is 1.63 bits per heavy atom. The molecule has 3 nitrogen and oxygen atoms in total. The molecule has 2 fully saturated rings. The van der Waals surface area contributed by atoms with E-state index in [2.05, 4.69) is 34.5 Å². The maximum atomic E-state index is 11.1. The Morgan fingerprint density at radius 1 is 0.963 bits per heavy atom. The van der Waals surface area contributed by atoms with Gasteiger partial charge in [-0.2, -0.15) is 0 Å². The van der Waals surface area contributed by atoms with E-state index in [1.165, 1.54) is 5.56 Å². The van der Waals surface area contributed by atoms with Crippen LogP contribution in [0.3, 0.4) is 0 Å². The molecule has 2 aromatic rings. The quantitative estimate of drug-likeness (QED) is 0.766. The SMILES string of the molecule is OC1(C(CN2CCNCC2)c2ccc(-c3ccc(Cl)c(Cl)c3)cc2)CCC1. The predicted octanol–water partition coefficient (Wildman–Crippen LogP) is 4.56. The van der Waals surface area contributed by atoms with Crippen LogP contribution >= 0.6 is 23.2 Å². The van der Waals surface area contributed by atoms with Crippen LogP contribution in [-0.2, 0) is 0 Å². The van der Waals surface area contributed by atoms with E-state index in [9.17, 15) is 5.11 Å². The van der Waals surface area contributed by atoms with Gasteiger partial charge in [0.05, 0.1) is 15.6 Å². The van der Waals surface area contributed by atoms with E-state index in [1.54, 1.807) is 0 Å². The van der Waals surface area contributed by atoms with E-state index in [-0.39, 0.29) is 5.92 Å². The Hall–Kier alpha value is -1.10. The highest BCUT2D eigenvalue weighted by Gasteiger charge is 2.43. The van der Waals surface area contributed by atoms with Gasteiger partial charge in [0.1, 0.15) is 0 Å². The Bertz CT molecular complexity index is 783. The number of hydrogen-bond acceptors (Lipinski definition) is 3. The fraction of sp³-hybridized carbons (Fsp3) is 0.455. The molecule has 0 bridgehead atoms. The molecule has 5 heteroatoms. The first-order valence-corrected chi connectivity index (χ1v) is 10.5. The fourth-order valence-corrected chi connectivity index (χ4v) is 4.51. The van der Waals surface area contributed by atoms with E-state index in [4.69, 9.17) is 23.2 Å². The zero-order chi connectivity index (χ0) is 18.9. The molecule has 144 valence electrons. The lowest BCUT2D eigenvalue weighted by molar-refractivity contribution is -0.0652. The van der Waals surface area contributed by atoms with Crippen LogP contribution in [0.5, 0.6) is 0 Å². The highest BCUT2D eigenvalue weighted by molar-refractivity contribution is 6.42. The Balaban J connectivity index is 1.57. The molecule has 1 atom stereocenters. The number of rotatable bonds is 5. The van der Waals surface area contributed by atoms with Crippen molar-refractivity contribution in [2.24, 2.45) is 0 Å². The normalized spacial score (nSPS) is 20.9. The van der Waals surface area contributed by atoms with Crippen molar-refractivity contribution in [3.05, 3.63) is 58.1 Å². The van der Waals surface area contributed by atoms with Crippen LogP contribution in [0, 0.1) is 0 Å². The Labute approximate surface area is 171 Å². The van der Waals surface area contributed by atoms with Crippen molar-refractivity contribution in [1.82, 2.24) is 10.2 Å². The summed E-state index contributed by atoms with van der Waals surface area (Å²) in [7, 11) is 0. The molecule has 1 heterocycles. The van der Waals surface area contributed by atoms with Gasteiger partial charge in [-0.3, -0.25) is 0 Å². The zero-order valence-electron chi connectivity index (χ0n) is 15.4. The lowest BCUT2D eigenvalue weighted by Crippen LogP contribution is -2.51. The predicted molar refractivity (Wildman–Crippen MR) is 113 cm³/mol. The summed E-state index contributed by atoms with van der Waals surface area (Å²) in [6.07, 6.45) is 2.92. The average Bonchev–Trinajstić information content (AvgIpc) is 2.67. The van der Waals surface area contributed by atoms with Gasteiger partial charge in [-0.05, 0) is 48.1 Å². The van der Waals surface area contributed by atoms with Crippen molar-refractivity contribution in [1.29, 1.82) is 0 Å². The molecular formula is C22H26Cl2N2O. The van der Waals surface area contributed by atoms with Gasteiger partial charge in [0.2, 0.25) is 0 Å². The minimum absolute atomic E-state index is 0.159. The smallest absolute Gasteiger partial charge is 0.0728 e.